The first-order valence-electron chi connectivity index (χ1n) is 8.61. The fourth-order valence-electron chi connectivity index (χ4n) is 2.95. The maximum Gasteiger partial charge on any atom is 0.227 e. The summed E-state index contributed by atoms with van der Waals surface area (Å²) >= 11 is 0. The summed E-state index contributed by atoms with van der Waals surface area (Å²) in [6, 6.07) is 11.2. The molecule has 1 fully saturated rings. The summed E-state index contributed by atoms with van der Waals surface area (Å²) in [7, 11) is 0. The van der Waals surface area contributed by atoms with Gasteiger partial charge in [0.1, 0.15) is 19.3 Å². The van der Waals surface area contributed by atoms with Crippen LogP contribution < -0.4 is 14.8 Å². The highest BCUT2D eigenvalue weighted by Gasteiger charge is 2.31. The normalized spacial score (nSPS) is 17.0. The van der Waals surface area contributed by atoms with Crippen LogP contribution in [-0.2, 0) is 4.79 Å². The molecule has 0 aromatic heterocycles. The van der Waals surface area contributed by atoms with E-state index < -0.39 is 6.10 Å². The zero-order chi connectivity index (χ0) is 17.4. The van der Waals surface area contributed by atoms with E-state index in [9.17, 15) is 9.90 Å². The standard InChI is InChI=1S/C20H21NO4/c1-12-2-4-13(5-3-12)19(22)15-10-17-18(25-9-8-24-17)11-16(15)21-20(23)14-6-7-14/h2-5,10-11,14,19,22H,6-9H2,1H3,(H,21,23)/t19-/m1/s1. The molecule has 2 N–H and O–H groups in total. The molecule has 1 amide bonds. The van der Waals surface area contributed by atoms with Gasteiger partial charge < -0.3 is 19.9 Å². The summed E-state index contributed by atoms with van der Waals surface area (Å²) in [5.41, 5.74) is 3.08. The van der Waals surface area contributed by atoms with Crippen LogP contribution in [0.5, 0.6) is 11.5 Å². The Kier molecular flexibility index (Phi) is 4.09. The van der Waals surface area contributed by atoms with Crippen LogP contribution in [0.2, 0.25) is 0 Å². The highest BCUT2D eigenvalue weighted by molar-refractivity contribution is 5.95. The van der Waals surface area contributed by atoms with Crippen molar-refractivity contribution in [1.29, 1.82) is 0 Å². The van der Waals surface area contributed by atoms with Gasteiger partial charge in [-0.15, -0.1) is 0 Å². The molecule has 0 spiro atoms. The SMILES string of the molecule is Cc1ccc([C@@H](O)c2cc3c(cc2NC(=O)C2CC2)OCCO3)cc1. The van der Waals surface area contributed by atoms with Crippen LogP contribution in [0.15, 0.2) is 36.4 Å². The first-order valence-corrected chi connectivity index (χ1v) is 8.61. The van der Waals surface area contributed by atoms with Gasteiger partial charge in [0.15, 0.2) is 11.5 Å². The molecule has 1 heterocycles. The molecular weight excluding hydrogens is 318 g/mol. The van der Waals surface area contributed by atoms with Crippen molar-refractivity contribution < 1.29 is 19.4 Å². The maximum absolute atomic E-state index is 12.2. The van der Waals surface area contributed by atoms with Gasteiger partial charge in [0, 0.05) is 17.5 Å². The third-order valence-electron chi connectivity index (χ3n) is 4.61. The Balaban J connectivity index is 1.72. The lowest BCUT2D eigenvalue weighted by Gasteiger charge is -2.23. The molecule has 5 heteroatoms. The molecule has 130 valence electrons. The molecule has 1 saturated carbocycles. The Morgan fingerprint density at radius 3 is 2.40 bits per heavy atom. The number of aliphatic hydroxyl groups excluding tert-OH is 1. The largest absolute Gasteiger partial charge is 0.486 e. The summed E-state index contributed by atoms with van der Waals surface area (Å²) in [6.07, 6.45) is 0.990. The monoisotopic (exact) mass is 339 g/mol. The van der Waals surface area contributed by atoms with Gasteiger partial charge in [-0.1, -0.05) is 29.8 Å². The number of amides is 1. The number of carbonyl (C=O) groups excluding carboxylic acids is 1. The van der Waals surface area contributed by atoms with E-state index in [4.69, 9.17) is 9.47 Å². The number of fused-ring (bicyclic) bond motifs is 1. The molecule has 1 atom stereocenters. The van der Waals surface area contributed by atoms with Crippen molar-refractivity contribution in [2.24, 2.45) is 5.92 Å². The van der Waals surface area contributed by atoms with Crippen LogP contribution in [0.1, 0.15) is 35.6 Å². The minimum Gasteiger partial charge on any atom is -0.486 e. The summed E-state index contributed by atoms with van der Waals surface area (Å²) in [5, 5.41) is 13.8. The minimum absolute atomic E-state index is 0.00552. The highest BCUT2D eigenvalue weighted by Crippen LogP contribution is 2.40. The summed E-state index contributed by atoms with van der Waals surface area (Å²) in [4.78, 5) is 12.2. The number of aliphatic hydroxyl groups is 1. The molecule has 0 saturated heterocycles. The molecular formula is C20H21NO4. The van der Waals surface area contributed by atoms with E-state index in [0.29, 0.717) is 36.0 Å². The molecule has 2 aromatic rings. The van der Waals surface area contributed by atoms with Gasteiger partial charge in [0.25, 0.3) is 0 Å². The highest BCUT2D eigenvalue weighted by atomic mass is 16.6. The predicted octanol–water partition coefficient (Wildman–Crippen LogP) is 3.20. The molecule has 2 aliphatic rings. The van der Waals surface area contributed by atoms with E-state index in [0.717, 1.165) is 24.0 Å². The van der Waals surface area contributed by atoms with Crippen LogP contribution in [0.3, 0.4) is 0 Å². The van der Waals surface area contributed by atoms with E-state index in [1.54, 1.807) is 12.1 Å². The molecule has 1 aliphatic carbocycles. The van der Waals surface area contributed by atoms with Crippen molar-refractivity contribution in [3.63, 3.8) is 0 Å². The number of carbonyl (C=O) groups is 1. The first kappa shape index (κ1) is 16.0. The second-order valence-electron chi connectivity index (χ2n) is 6.66. The van der Waals surface area contributed by atoms with Gasteiger partial charge >= 0.3 is 0 Å². The van der Waals surface area contributed by atoms with Crippen molar-refractivity contribution >= 4 is 11.6 Å². The summed E-state index contributed by atoms with van der Waals surface area (Å²) in [5.74, 6) is 1.26. The van der Waals surface area contributed by atoms with E-state index in [1.165, 1.54) is 0 Å². The molecule has 1 aliphatic heterocycles. The second-order valence-corrected chi connectivity index (χ2v) is 6.66. The fourth-order valence-corrected chi connectivity index (χ4v) is 2.95. The second kappa shape index (κ2) is 6.41. The quantitative estimate of drug-likeness (QED) is 0.898. The van der Waals surface area contributed by atoms with E-state index in [-0.39, 0.29) is 11.8 Å². The van der Waals surface area contributed by atoms with Crippen LogP contribution in [0.4, 0.5) is 5.69 Å². The van der Waals surface area contributed by atoms with E-state index in [1.807, 2.05) is 31.2 Å². The maximum atomic E-state index is 12.2. The molecule has 5 nitrogen and oxygen atoms in total. The fraction of sp³-hybridized carbons (Fsp3) is 0.350. The molecule has 0 unspecified atom stereocenters. The van der Waals surface area contributed by atoms with Crippen molar-refractivity contribution in [3.8, 4) is 11.5 Å². The van der Waals surface area contributed by atoms with Gasteiger partial charge in [0.05, 0.1) is 5.69 Å². The van der Waals surface area contributed by atoms with Crippen LogP contribution in [0, 0.1) is 12.8 Å². The number of hydrogen-bond acceptors (Lipinski definition) is 4. The van der Waals surface area contributed by atoms with Crippen LogP contribution in [-0.4, -0.2) is 24.2 Å². The number of rotatable bonds is 4. The molecule has 0 bridgehead atoms. The number of ether oxygens (including phenoxy) is 2. The lowest BCUT2D eigenvalue weighted by Crippen LogP contribution is -2.19. The smallest absolute Gasteiger partial charge is 0.227 e. The third-order valence-corrected chi connectivity index (χ3v) is 4.61. The van der Waals surface area contributed by atoms with Gasteiger partial charge in [-0.25, -0.2) is 0 Å². The Morgan fingerprint density at radius 1 is 1.12 bits per heavy atom. The van der Waals surface area contributed by atoms with Crippen LogP contribution >= 0.6 is 0 Å². The molecule has 0 radical (unpaired) electrons. The average molecular weight is 339 g/mol. The van der Waals surface area contributed by atoms with E-state index in [2.05, 4.69) is 5.32 Å². The zero-order valence-corrected chi connectivity index (χ0v) is 14.1. The Bertz CT molecular complexity index is 796. The summed E-state index contributed by atoms with van der Waals surface area (Å²) < 4.78 is 11.3. The molecule has 2 aromatic carbocycles. The number of anilines is 1. The Labute approximate surface area is 146 Å². The molecule has 25 heavy (non-hydrogen) atoms. The number of nitrogens with one attached hydrogen (secondary N) is 1. The van der Waals surface area contributed by atoms with Crippen molar-refractivity contribution in [2.45, 2.75) is 25.9 Å². The van der Waals surface area contributed by atoms with Crippen LogP contribution in [0.25, 0.3) is 0 Å². The summed E-state index contributed by atoms with van der Waals surface area (Å²) in [6.45, 7) is 2.95. The van der Waals surface area contributed by atoms with Crippen molar-refractivity contribution in [2.75, 3.05) is 18.5 Å². The Hall–Kier alpha value is -2.53. The zero-order valence-electron chi connectivity index (χ0n) is 14.1. The Morgan fingerprint density at radius 2 is 1.76 bits per heavy atom. The number of hydrogen-bond donors (Lipinski definition) is 2. The number of benzene rings is 2. The lowest BCUT2D eigenvalue weighted by molar-refractivity contribution is -0.117. The van der Waals surface area contributed by atoms with Crippen molar-refractivity contribution in [1.82, 2.24) is 0 Å². The predicted molar refractivity (Wildman–Crippen MR) is 94.0 cm³/mol. The van der Waals surface area contributed by atoms with Gasteiger partial charge in [-0.05, 0) is 31.4 Å². The van der Waals surface area contributed by atoms with Crippen molar-refractivity contribution in [3.05, 3.63) is 53.1 Å². The number of aryl methyl sites for hydroxylation is 1. The first-order chi connectivity index (χ1) is 12.1. The van der Waals surface area contributed by atoms with Gasteiger partial charge in [-0.2, -0.15) is 0 Å². The third kappa shape index (κ3) is 3.33. The van der Waals surface area contributed by atoms with Gasteiger partial charge in [-0.3, -0.25) is 4.79 Å². The topological polar surface area (TPSA) is 67.8 Å². The van der Waals surface area contributed by atoms with Gasteiger partial charge in [0.2, 0.25) is 5.91 Å². The average Bonchev–Trinajstić information content (AvgIpc) is 3.46. The minimum atomic E-state index is -0.856. The molecule has 4 rings (SSSR count). The van der Waals surface area contributed by atoms with E-state index >= 15 is 0 Å². The lowest BCUT2D eigenvalue weighted by atomic mass is 9.98.